The molecule has 1 heterocycles. The van der Waals surface area contributed by atoms with Crippen LogP contribution in [0.3, 0.4) is 0 Å². The molecule has 162 valence electrons. The third-order valence-corrected chi connectivity index (χ3v) is 5.54. The van der Waals surface area contributed by atoms with Crippen LogP contribution in [0.5, 0.6) is 0 Å². The standard InChI is InChI=1S/C27H28N4O/c1-20-14-15-21(2)25(16-20)29-27(32)26(23-10-6-4-7-11-23)30(3)18-22-17-28-31(19-22)24-12-8-5-9-13-24/h4-17,19,26H,18H2,1-3H3,(H,29,32)/t26-/m0/s1. The largest absolute Gasteiger partial charge is 0.324 e. The van der Waals surface area contributed by atoms with Crippen LogP contribution in [0, 0.1) is 13.8 Å². The number of nitrogens with zero attached hydrogens (tertiary/aromatic N) is 3. The number of nitrogens with one attached hydrogen (secondary N) is 1. The summed E-state index contributed by atoms with van der Waals surface area (Å²) in [6.07, 6.45) is 3.87. The second kappa shape index (κ2) is 9.62. The molecule has 0 aliphatic heterocycles. The Bertz CT molecular complexity index is 1180. The van der Waals surface area contributed by atoms with E-state index in [0.717, 1.165) is 33.6 Å². The highest BCUT2D eigenvalue weighted by molar-refractivity contribution is 5.96. The maximum Gasteiger partial charge on any atom is 0.246 e. The summed E-state index contributed by atoms with van der Waals surface area (Å²) < 4.78 is 1.86. The van der Waals surface area contributed by atoms with Crippen LogP contribution >= 0.6 is 0 Å². The van der Waals surface area contributed by atoms with Gasteiger partial charge in [0.1, 0.15) is 6.04 Å². The number of para-hydroxylation sites is 1. The second-order valence-corrected chi connectivity index (χ2v) is 8.16. The van der Waals surface area contributed by atoms with E-state index in [1.165, 1.54) is 0 Å². The number of hydrogen-bond donors (Lipinski definition) is 1. The van der Waals surface area contributed by atoms with Crippen LogP contribution in [0.4, 0.5) is 5.69 Å². The average molecular weight is 425 g/mol. The molecule has 5 heteroatoms. The van der Waals surface area contributed by atoms with Gasteiger partial charge in [0.2, 0.25) is 5.91 Å². The van der Waals surface area contributed by atoms with Gasteiger partial charge in [0.15, 0.2) is 0 Å². The Kier molecular flexibility index (Phi) is 6.47. The first kappa shape index (κ1) is 21.5. The number of anilines is 1. The van der Waals surface area contributed by atoms with Gasteiger partial charge < -0.3 is 5.32 Å². The van der Waals surface area contributed by atoms with Gasteiger partial charge >= 0.3 is 0 Å². The fourth-order valence-electron chi connectivity index (χ4n) is 3.86. The first-order chi connectivity index (χ1) is 15.5. The second-order valence-electron chi connectivity index (χ2n) is 8.16. The summed E-state index contributed by atoms with van der Waals surface area (Å²) >= 11 is 0. The summed E-state index contributed by atoms with van der Waals surface area (Å²) in [5.41, 5.74) is 6.01. The van der Waals surface area contributed by atoms with Gasteiger partial charge in [-0.1, -0.05) is 60.7 Å². The van der Waals surface area contributed by atoms with Crippen LogP contribution in [-0.4, -0.2) is 27.6 Å². The van der Waals surface area contributed by atoms with E-state index >= 15 is 0 Å². The van der Waals surface area contributed by atoms with E-state index in [4.69, 9.17) is 0 Å². The molecular formula is C27H28N4O. The first-order valence-corrected chi connectivity index (χ1v) is 10.7. The van der Waals surface area contributed by atoms with E-state index in [2.05, 4.69) is 21.4 Å². The zero-order chi connectivity index (χ0) is 22.5. The molecule has 4 aromatic rings. The van der Waals surface area contributed by atoms with Crippen molar-refractivity contribution in [1.29, 1.82) is 0 Å². The Balaban J connectivity index is 1.57. The van der Waals surface area contributed by atoms with Crippen molar-refractivity contribution < 1.29 is 4.79 Å². The predicted molar refractivity (Wildman–Crippen MR) is 129 cm³/mol. The third-order valence-electron chi connectivity index (χ3n) is 5.54. The molecule has 4 rings (SSSR count). The first-order valence-electron chi connectivity index (χ1n) is 10.7. The van der Waals surface area contributed by atoms with Crippen molar-refractivity contribution in [3.05, 3.63) is 114 Å². The maximum atomic E-state index is 13.5. The molecule has 0 radical (unpaired) electrons. The number of likely N-dealkylation sites (N-methyl/N-ethyl adjacent to an activating group) is 1. The minimum atomic E-state index is -0.434. The number of rotatable bonds is 7. The molecule has 5 nitrogen and oxygen atoms in total. The predicted octanol–water partition coefficient (Wildman–Crippen LogP) is 5.30. The normalized spacial score (nSPS) is 12.0. The molecule has 1 amide bonds. The molecular weight excluding hydrogens is 396 g/mol. The third kappa shape index (κ3) is 4.95. The molecule has 0 spiro atoms. The van der Waals surface area contributed by atoms with E-state index in [1.807, 2.05) is 111 Å². The Morgan fingerprint density at radius 2 is 1.69 bits per heavy atom. The SMILES string of the molecule is Cc1ccc(C)c(NC(=O)[C@H](c2ccccc2)N(C)Cc2cnn(-c3ccccc3)c2)c1. The quantitative estimate of drug-likeness (QED) is 0.438. The summed E-state index contributed by atoms with van der Waals surface area (Å²) in [4.78, 5) is 15.5. The number of carbonyl (C=O) groups excluding carboxylic acids is 1. The minimum absolute atomic E-state index is 0.0529. The summed E-state index contributed by atoms with van der Waals surface area (Å²) in [6, 6.07) is 25.6. The Hall–Kier alpha value is -3.70. The van der Waals surface area contributed by atoms with Crippen molar-refractivity contribution in [3.63, 3.8) is 0 Å². The molecule has 32 heavy (non-hydrogen) atoms. The van der Waals surface area contributed by atoms with E-state index < -0.39 is 6.04 Å². The van der Waals surface area contributed by atoms with Crippen molar-refractivity contribution >= 4 is 11.6 Å². The number of aromatic nitrogens is 2. The van der Waals surface area contributed by atoms with Gasteiger partial charge in [-0.25, -0.2) is 4.68 Å². The van der Waals surface area contributed by atoms with Gasteiger partial charge in [-0.05, 0) is 55.8 Å². The molecule has 1 N–H and O–H groups in total. The van der Waals surface area contributed by atoms with Gasteiger partial charge in [0, 0.05) is 24.0 Å². The topological polar surface area (TPSA) is 50.2 Å². The summed E-state index contributed by atoms with van der Waals surface area (Å²) in [7, 11) is 1.97. The van der Waals surface area contributed by atoms with Gasteiger partial charge in [-0.15, -0.1) is 0 Å². The van der Waals surface area contributed by atoms with E-state index in [-0.39, 0.29) is 5.91 Å². The Morgan fingerprint density at radius 1 is 1.00 bits per heavy atom. The molecule has 0 aliphatic carbocycles. The van der Waals surface area contributed by atoms with Crippen molar-refractivity contribution in [2.45, 2.75) is 26.4 Å². The smallest absolute Gasteiger partial charge is 0.246 e. The molecule has 0 bridgehead atoms. The zero-order valence-electron chi connectivity index (χ0n) is 18.7. The van der Waals surface area contributed by atoms with Crippen LogP contribution in [0.25, 0.3) is 5.69 Å². The molecule has 1 atom stereocenters. The van der Waals surface area contributed by atoms with Gasteiger partial charge in [0.05, 0.1) is 11.9 Å². The van der Waals surface area contributed by atoms with Gasteiger partial charge in [-0.2, -0.15) is 5.10 Å². The molecule has 0 fully saturated rings. The average Bonchev–Trinajstić information content (AvgIpc) is 3.26. The van der Waals surface area contributed by atoms with Gasteiger partial charge in [-0.3, -0.25) is 9.69 Å². The molecule has 0 saturated heterocycles. The highest BCUT2D eigenvalue weighted by Gasteiger charge is 2.26. The maximum absolute atomic E-state index is 13.5. The zero-order valence-corrected chi connectivity index (χ0v) is 18.7. The lowest BCUT2D eigenvalue weighted by Crippen LogP contribution is -2.34. The van der Waals surface area contributed by atoms with E-state index in [1.54, 1.807) is 0 Å². The fraction of sp³-hybridized carbons (Fsp3) is 0.185. The van der Waals surface area contributed by atoms with Crippen LogP contribution in [0.2, 0.25) is 0 Å². The van der Waals surface area contributed by atoms with E-state index in [9.17, 15) is 4.79 Å². The summed E-state index contributed by atoms with van der Waals surface area (Å²) in [5, 5.41) is 7.64. The number of carbonyl (C=O) groups is 1. The lowest BCUT2D eigenvalue weighted by Gasteiger charge is -2.27. The van der Waals surface area contributed by atoms with E-state index in [0.29, 0.717) is 6.54 Å². The summed E-state index contributed by atoms with van der Waals surface area (Å²) in [5.74, 6) is -0.0529. The number of hydrogen-bond acceptors (Lipinski definition) is 3. The molecule has 0 unspecified atom stereocenters. The van der Waals surface area contributed by atoms with Crippen LogP contribution in [-0.2, 0) is 11.3 Å². The van der Waals surface area contributed by atoms with Crippen molar-refractivity contribution in [3.8, 4) is 5.69 Å². The van der Waals surface area contributed by atoms with Crippen molar-refractivity contribution in [1.82, 2.24) is 14.7 Å². The molecule has 1 aromatic heterocycles. The monoisotopic (exact) mass is 424 g/mol. The number of benzene rings is 3. The highest BCUT2D eigenvalue weighted by atomic mass is 16.2. The van der Waals surface area contributed by atoms with Crippen molar-refractivity contribution in [2.75, 3.05) is 12.4 Å². The fourth-order valence-corrected chi connectivity index (χ4v) is 3.86. The molecule has 3 aromatic carbocycles. The van der Waals surface area contributed by atoms with Crippen LogP contribution in [0.15, 0.2) is 91.3 Å². The van der Waals surface area contributed by atoms with Crippen LogP contribution < -0.4 is 5.32 Å². The number of amides is 1. The minimum Gasteiger partial charge on any atom is -0.324 e. The molecule has 0 aliphatic rings. The lowest BCUT2D eigenvalue weighted by molar-refractivity contribution is -0.121. The van der Waals surface area contributed by atoms with Crippen LogP contribution in [0.1, 0.15) is 28.3 Å². The Morgan fingerprint density at radius 3 is 2.41 bits per heavy atom. The highest BCUT2D eigenvalue weighted by Crippen LogP contribution is 2.25. The molecule has 0 saturated carbocycles. The van der Waals surface area contributed by atoms with Gasteiger partial charge in [0.25, 0.3) is 0 Å². The Labute approximate surface area is 189 Å². The summed E-state index contributed by atoms with van der Waals surface area (Å²) in [6.45, 7) is 4.63. The lowest BCUT2D eigenvalue weighted by atomic mass is 10.0. The van der Waals surface area contributed by atoms with Crippen molar-refractivity contribution in [2.24, 2.45) is 0 Å². The number of aryl methyl sites for hydroxylation is 2.